The van der Waals surface area contributed by atoms with Crippen LogP contribution in [0.15, 0.2) is 34.1 Å². The molecular formula is C11H6Br2ClIS. The molecule has 5 heteroatoms. The average molecular weight is 492 g/mol. The van der Waals surface area contributed by atoms with Gasteiger partial charge in [-0.1, -0.05) is 27.5 Å². The molecule has 1 aromatic carbocycles. The van der Waals surface area contributed by atoms with Crippen molar-refractivity contribution in [3.63, 3.8) is 0 Å². The molecule has 2 rings (SSSR count). The Hall–Kier alpha value is 0.900. The van der Waals surface area contributed by atoms with Gasteiger partial charge in [0.1, 0.15) is 0 Å². The van der Waals surface area contributed by atoms with Crippen LogP contribution in [0.2, 0.25) is 5.02 Å². The van der Waals surface area contributed by atoms with Crippen LogP contribution in [0.5, 0.6) is 0 Å². The van der Waals surface area contributed by atoms with E-state index in [0.717, 1.165) is 9.50 Å². The molecule has 0 nitrogen and oxygen atoms in total. The maximum absolute atomic E-state index is 6.03. The van der Waals surface area contributed by atoms with Crippen LogP contribution in [0.4, 0.5) is 0 Å². The lowest BCUT2D eigenvalue weighted by molar-refractivity contribution is 1.20. The Morgan fingerprint density at radius 1 is 1.31 bits per heavy atom. The number of rotatable bonds is 2. The summed E-state index contributed by atoms with van der Waals surface area (Å²) in [5.74, 6) is 0. The number of alkyl halides is 1. The van der Waals surface area contributed by atoms with Gasteiger partial charge in [0.15, 0.2) is 0 Å². The smallest absolute Gasteiger partial charge is 0.0760 e. The van der Waals surface area contributed by atoms with Gasteiger partial charge in [-0.25, -0.2) is 0 Å². The summed E-state index contributed by atoms with van der Waals surface area (Å²) in [6.45, 7) is 0. The molecule has 0 aliphatic heterocycles. The summed E-state index contributed by atoms with van der Waals surface area (Å²) in [6, 6.07) is 8.02. The summed E-state index contributed by atoms with van der Waals surface area (Å²) in [5.41, 5.74) is 1.20. The van der Waals surface area contributed by atoms with Crippen LogP contribution < -0.4 is 0 Å². The van der Waals surface area contributed by atoms with Gasteiger partial charge in [-0.2, -0.15) is 0 Å². The molecule has 1 unspecified atom stereocenters. The van der Waals surface area contributed by atoms with Gasteiger partial charge in [0.2, 0.25) is 0 Å². The van der Waals surface area contributed by atoms with E-state index in [0.29, 0.717) is 0 Å². The van der Waals surface area contributed by atoms with Crippen molar-refractivity contribution in [3.05, 3.63) is 53.2 Å². The van der Waals surface area contributed by atoms with E-state index in [1.807, 2.05) is 18.2 Å². The van der Waals surface area contributed by atoms with E-state index in [2.05, 4.69) is 65.9 Å². The molecule has 0 spiro atoms. The van der Waals surface area contributed by atoms with Crippen LogP contribution >= 0.6 is 77.4 Å². The second-order valence-corrected chi connectivity index (χ2v) is 7.48. The molecule has 0 fully saturated rings. The first-order valence-electron chi connectivity index (χ1n) is 4.41. The molecule has 1 aromatic heterocycles. The van der Waals surface area contributed by atoms with Gasteiger partial charge in [-0.05, 0) is 73.7 Å². The van der Waals surface area contributed by atoms with Crippen molar-refractivity contribution in [2.45, 2.75) is 4.83 Å². The highest BCUT2D eigenvalue weighted by molar-refractivity contribution is 14.1. The number of hydrogen-bond donors (Lipinski definition) is 0. The molecule has 0 bridgehead atoms. The van der Waals surface area contributed by atoms with Gasteiger partial charge in [0, 0.05) is 17.9 Å². The van der Waals surface area contributed by atoms with Gasteiger partial charge in [0.25, 0.3) is 0 Å². The van der Waals surface area contributed by atoms with E-state index in [9.17, 15) is 0 Å². The summed E-state index contributed by atoms with van der Waals surface area (Å²) in [4.78, 5) is 1.45. The average Bonchev–Trinajstić information content (AvgIpc) is 2.67. The van der Waals surface area contributed by atoms with E-state index in [-0.39, 0.29) is 4.83 Å². The van der Waals surface area contributed by atoms with Crippen LogP contribution in [0.1, 0.15) is 15.3 Å². The van der Waals surface area contributed by atoms with Crippen molar-refractivity contribution in [1.29, 1.82) is 0 Å². The normalized spacial score (nSPS) is 12.8. The molecule has 1 atom stereocenters. The molecule has 0 aliphatic carbocycles. The predicted octanol–water partition coefficient (Wildman–Crippen LogP) is 6.25. The first-order valence-corrected chi connectivity index (χ1v) is 8.46. The second-order valence-electron chi connectivity index (χ2n) is 3.16. The molecule has 84 valence electrons. The van der Waals surface area contributed by atoms with Gasteiger partial charge in [-0.15, -0.1) is 11.3 Å². The summed E-state index contributed by atoms with van der Waals surface area (Å²) >= 11 is 17.4. The quantitative estimate of drug-likeness (QED) is 0.343. The highest BCUT2D eigenvalue weighted by Gasteiger charge is 2.17. The second kappa shape index (κ2) is 5.69. The zero-order chi connectivity index (χ0) is 11.7. The Labute approximate surface area is 134 Å². The van der Waals surface area contributed by atoms with Crippen LogP contribution in [0.3, 0.4) is 0 Å². The van der Waals surface area contributed by atoms with E-state index in [1.165, 1.54) is 14.0 Å². The minimum atomic E-state index is 0.187. The zero-order valence-electron chi connectivity index (χ0n) is 7.88. The van der Waals surface area contributed by atoms with Crippen molar-refractivity contribution in [3.8, 4) is 0 Å². The molecular weight excluding hydrogens is 486 g/mol. The molecule has 0 radical (unpaired) electrons. The molecule has 1 heterocycles. The van der Waals surface area contributed by atoms with Crippen LogP contribution in [0, 0.1) is 3.57 Å². The fourth-order valence-electron chi connectivity index (χ4n) is 1.34. The van der Waals surface area contributed by atoms with Crippen molar-refractivity contribution < 1.29 is 0 Å². The molecule has 0 saturated heterocycles. The zero-order valence-corrected chi connectivity index (χ0v) is 14.8. The van der Waals surface area contributed by atoms with Crippen molar-refractivity contribution >= 4 is 77.4 Å². The number of benzene rings is 1. The number of hydrogen-bond acceptors (Lipinski definition) is 1. The molecule has 0 amide bonds. The molecule has 0 saturated carbocycles. The number of thiophene rings is 1. The van der Waals surface area contributed by atoms with Crippen LogP contribution in [-0.2, 0) is 0 Å². The van der Waals surface area contributed by atoms with E-state index >= 15 is 0 Å². The third-order valence-corrected chi connectivity index (χ3v) is 6.51. The molecule has 16 heavy (non-hydrogen) atoms. The van der Waals surface area contributed by atoms with E-state index in [4.69, 9.17) is 11.6 Å². The molecule has 2 aromatic rings. The summed E-state index contributed by atoms with van der Waals surface area (Å²) in [7, 11) is 0. The minimum absolute atomic E-state index is 0.187. The topological polar surface area (TPSA) is 0 Å². The Bertz CT molecular complexity index is 512. The Morgan fingerprint density at radius 3 is 2.69 bits per heavy atom. The van der Waals surface area contributed by atoms with Crippen molar-refractivity contribution in [2.75, 3.05) is 0 Å². The SMILES string of the molecule is Clc1ccc(I)c(C(Br)c2sccc2Br)c1. The van der Waals surface area contributed by atoms with E-state index < -0.39 is 0 Å². The third kappa shape index (κ3) is 2.83. The first-order chi connectivity index (χ1) is 7.59. The van der Waals surface area contributed by atoms with Crippen molar-refractivity contribution in [2.24, 2.45) is 0 Å². The fraction of sp³-hybridized carbons (Fsp3) is 0.0909. The highest BCUT2D eigenvalue weighted by atomic mass is 127. The van der Waals surface area contributed by atoms with Crippen LogP contribution in [-0.4, -0.2) is 0 Å². The van der Waals surface area contributed by atoms with E-state index in [1.54, 1.807) is 11.3 Å². The van der Waals surface area contributed by atoms with Gasteiger partial charge in [0.05, 0.1) is 4.83 Å². The maximum atomic E-state index is 6.03. The summed E-state index contributed by atoms with van der Waals surface area (Å²) in [6.07, 6.45) is 0. The Kier molecular flexibility index (Phi) is 4.74. The fourth-order valence-corrected chi connectivity index (χ4v) is 5.44. The summed E-state index contributed by atoms with van der Waals surface area (Å²) < 4.78 is 2.35. The number of halogens is 4. The lowest BCUT2D eigenvalue weighted by atomic mass is 10.1. The van der Waals surface area contributed by atoms with Crippen molar-refractivity contribution in [1.82, 2.24) is 0 Å². The standard InChI is InChI=1S/C11H6Br2ClIS/c12-8-3-4-16-11(8)10(13)7-5-6(14)1-2-9(7)15/h1-5,10H. The Morgan fingerprint density at radius 2 is 2.06 bits per heavy atom. The highest BCUT2D eigenvalue weighted by Crippen LogP contribution is 2.41. The predicted molar refractivity (Wildman–Crippen MR) is 87.0 cm³/mol. The first kappa shape index (κ1) is 13.3. The lowest BCUT2D eigenvalue weighted by Gasteiger charge is -2.11. The Balaban J connectivity index is 2.45. The van der Waals surface area contributed by atoms with Crippen LogP contribution in [0.25, 0.3) is 0 Å². The lowest BCUT2D eigenvalue weighted by Crippen LogP contribution is -1.94. The summed E-state index contributed by atoms with van der Waals surface area (Å²) in [5, 5.41) is 2.85. The van der Waals surface area contributed by atoms with Gasteiger partial charge < -0.3 is 0 Å². The third-order valence-electron chi connectivity index (χ3n) is 2.11. The molecule has 0 aliphatic rings. The maximum Gasteiger partial charge on any atom is 0.0760 e. The molecule has 0 N–H and O–H groups in total. The largest absolute Gasteiger partial charge is 0.146 e. The van der Waals surface area contributed by atoms with Gasteiger partial charge in [-0.3, -0.25) is 0 Å². The van der Waals surface area contributed by atoms with Gasteiger partial charge >= 0.3 is 0 Å². The minimum Gasteiger partial charge on any atom is -0.146 e. The monoisotopic (exact) mass is 490 g/mol.